The molecule has 0 aromatic heterocycles. The van der Waals surface area contributed by atoms with Crippen LogP contribution in [0.25, 0.3) is 0 Å². The molecule has 104 valence electrons. The SMILES string of the molecule is C=CC(C(=O)O)C(O)(C(=O)O)C(C=C)(C=C)C(=O)O. The van der Waals surface area contributed by atoms with Gasteiger partial charge in [-0.2, -0.15) is 0 Å². The van der Waals surface area contributed by atoms with E-state index in [1.807, 2.05) is 0 Å². The molecular formula is C12H14O7. The molecule has 0 saturated carbocycles. The minimum absolute atomic E-state index is 0.621. The fourth-order valence-electron chi connectivity index (χ4n) is 1.75. The standard InChI is InChI=1S/C12H14O7/c1-4-7(8(13)14)12(19,10(17)18)11(5-2,6-3)9(15)16/h4-7,19H,1-3H2,(H,13,14)(H,15,16)(H,17,18). The molecule has 19 heavy (non-hydrogen) atoms. The summed E-state index contributed by atoms with van der Waals surface area (Å²) in [7, 11) is 0. The minimum Gasteiger partial charge on any atom is -0.481 e. The van der Waals surface area contributed by atoms with Gasteiger partial charge in [0.15, 0.2) is 0 Å². The second-order valence-corrected chi connectivity index (χ2v) is 3.71. The third-order valence-corrected chi connectivity index (χ3v) is 2.91. The topological polar surface area (TPSA) is 132 Å². The number of aliphatic carboxylic acids is 3. The maximum absolute atomic E-state index is 11.3. The van der Waals surface area contributed by atoms with Crippen molar-refractivity contribution >= 4 is 17.9 Å². The van der Waals surface area contributed by atoms with Crippen LogP contribution >= 0.6 is 0 Å². The lowest BCUT2D eigenvalue weighted by Crippen LogP contribution is -2.62. The van der Waals surface area contributed by atoms with Crippen molar-refractivity contribution in [2.75, 3.05) is 0 Å². The second-order valence-electron chi connectivity index (χ2n) is 3.71. The van der Waals surface area contributed by atoms with Gasteiger partial charge >= 0.3 is 17.9 Å². The molecule has 4 N–H and O–H groups in total. The van der Waals surface area contributed by atoms with Gasteiger partial charge in [0, 0.05) is 0 Å². The van der Waals surface area contributed by atoms with Crippen molar-refractivity contribution in [3.63, 3.8) is 0 Å². The number of carboxylic acid groups (broad SMARTS) is 3. The molecule has 0 aliphatic carbocycles. The highest BCUT2D eigenvalue weighted by atomic mass is 16.4. The van der Waals surface area contributed by atoms with Crippen LogP contribution in [0, 0.1) is 11.3 Å². The highest BCUT2D eigenvalue weighted by Gasteiger charge is 2.63. The van der Waals surface area contributed by atoms with Gasteiger partial charge in [-0.25, -0.2) is 4.79 Å². The van der Waals surface area contributed by atoms with Crippen LogP contribution in [0.1, 0.15) is 0 Å². The highest BCUT2D eigenvalue weighted by Crippen LogP contribution is 2.41. The summed E-state index contributed by atoms with van der Waals surface area (Å²) in [4.78, 5) is 33.6. The molecular weight excluding hydrogens is 256 g/mol. The number of hydrogen-bond acceptors (Lipinski definition) is 4. The summed E-state index contributed by atoms with van der Waals surface area (Å²) in [6.45, 7) is 9.40. The first-order valence-corrected chi connectivity index (χ1v) is 4.97. The molecule has 0 fully saturated rings. The Morgan fingerprint density at radius 3 is 1.53 bits per heavy atom. The first-order chi connectivity index (χ1) is 8.65. The van der Waals surface area contributed by atoms with Crippen LogP contribution in [0.3, 0.4) is 0 Å². The van der Waals surface area contributed by atoms with Crippen molar-refractivity contribution in [3.8, 4) is 0 Å². The third kappa shape index (κ3) is 2.15. The van der Waals surface area contributed by atoms with Crippen molar-refractivity contribution in [3.05, 3.63) is 38.0 Å². The van der Waals surface area contributed by atoms with Gasteiger partial charge in [0.2, 0.25) is 5.60 Å². The van der Waals surface area contributed by atoms with Crippen LogP contribution in [0.4, 0.5) is 0 Å². The molecule has 0 amide bonds. The monoisotopic (exact) mass is 270 g/mol. The molecule has 0 aromatic rings. The summed E-state index contributed by atoms with van der Waals surface area (Å²) < 4.78 is 0. The molecule has 0 aromatic carbocycles. The van der Waals surface area contributed by atoms with Crippen molar-refractivity contribution in [1.82, 2.24) is 0 Å². The first kappa shape index (κ1) is 16.6. The Labute approximate surface area is 108 Å². The van der Waals surface area contributed by atoms with Crippen LogP contribution in [-0.4, -0.2) is 43.9 Å². The van der Waals surface area contributed by atoms with E-state index in [0.717, 1.165) is 0 Å². The molecule has 0 aliphatic heterocycles. The van der Waals surface area contributed by atoms with E-state index in [0.29, 0.717) is 18.2 Å². The van der Waals surface area contributed by atoms with Gasteiger partial charge in [-0.15, -0.1) is 19.7 Å². The quantitative estimate of drug-likeness (QED) is 0.461. The van der Waals surface area contributed by atoms with Crippen molar-refractivity contribution < 1.29 is 34.8 Å². The molecule has 7 nitrogen and oxygen atoms in total. The Morgan fingerprint density at radius 1 is 0.947 bits per heavy atom. The fraction of sp³-hybridized carbons (Fsp3) is 0.250. The number of carbonyl (C=O) groups is 3. The summed E-state index contributed by atoms with van der Waals surface area (Å²) >= 11 is 0. The fourth-order valence-corrected chi connectivity index (χ4v) is 1.75. The summed E-state index contributed by atoms with van der Waals surface area (Å²) in [6.07, 6.45) is 1.88. The molecule has 0 aliphatic rings. The van der Waals surface area contributed by atoms with Crippen LogP contribution < -0.4 is 0 Å². The maximum Gasteiger partial charge on any atom is 0.338 e. The molecule has 0 bridgehead atoms. The predicted octanol–water partition coefficient (Wildman–Crippen LogP) is 0.132. The van der Waals surface area contributed by atoms with Gasteiger partial charge < -0.3 is 20.4 Å². The van der Waals surface area contributed by atoms with Crippen LogP contribution in [-0.2, 0) is 14.4 Å². The Bertz CT molecular complexity index is 443. The highest BCUT2D eigenvalue weighted by molar-refractivity contribution is 5.96. The largest absolute Gasteiger partial charge is 0.481 e. The van der Waals surface area contributed by atoms with Crippen molar-refractivity contribution in [2.45, 2.75) is 5.60 Å². The summed E-state index contributed by atoms with van der Waals surface area (Å²) in [5.41, 5.74) is -5.80. The molecule has 0 heterocycles. The van der Waals surface area contributed by atoms with E-state index >= 15 is 0 Å². The normalized spacial score (nSPS) is 15.6. The number of rotatable bonds is 8. The van der Waals surface area contributed by atoms with E-state index in [1.54, 1.807) is 0 Å². The molecule has 7 heteroatoms. The molecule has 0 spiro atoms. The zero-order chi connectivity index (χ0) is 15.4. The lowest BCUT2D eigenvalue weighted by Gasteiger charge is -2.39. The molecule has 0 rings (SSSR count). The second kappa shape index (κ2) is 5.49. The lowest BCUT2D eigenvalue weighted by atomic mass is 9.65. The van der Waals surface area contributed by atoms with Gasteiger partial charge in [0.25, 0.3) is 0 Å². The van der Waals surface area contributed by atoms with Gasteiger partial charge in [0.05, 0.1) is 0 Å². The average molecular weight is 270 g/mol. The van der Waals surface area contributed by atoms with E-state index < -0.39 is 34.8 Å². The molecule has 0 radical (unpaired) electrons. The number of hydrogen-bond donors (Lipinski definition) is 4. The first-order valence-electron chi connectivity index (χ1n) is 4.97. The smallest absolute Gasteiger partial charge is 0.338 e. The summed E-state index contributed by atoms with van der Waals surface area (Å²) in [6, 6.07) is 0. The lowest BCUT2D eigenvalue weighted by molar-refractivity contribution is -0.189. The van der Waals surface area contributed by atoms with E-state index in [1.165, 1.54) is 0 Å². The van der Waals surface area contributed by atoms with Gasteiger partial charge in [-0.05, 0) is 0 Å². The van der Waals surface area contributed by atoms with Crippen LogP contribution in [0.15, 0.2) is 38.0 Å². The third-order valence-electron chi connectivity index (χ3n) is 2.91. The summed E-state index contributed by atoms with van der Waals surface area (Å²) in [5, 5.41) is 37.4. The van der Waals surface area contributed by atoms with E-state index in [9.17, 15) is 19.5 Å². The average Bonchev–Trinajstić information content (AvgIpc) is 2.30. The van der Waals surface area contributed by atoms with Crippen LogP contribution in [0.2, 0.25) is 0 Å². The minimum atomic E-state index is -3.21. The van der Waals surface area contributed by atoms with Crippen LogP contribution in [0.5, 0.6) is 0 Å². The molecule has 2 atom stereocenters. The number of aliphatic hydroxyl groups is 1. The maximum atomic E-state index is 11.3. The van der Waals surface area contributed by atoms with Gasteiger partial charge in [-0.1, -0.05) is 18.2 Å². The Morgan fingerprint density at radius 2 is 1.37 bits per heavy atom. The Balaban J connectivity index is 6.46. The van der Waals surface area contributed by atoms with Crippen molar-refractivity contribution in [2.24, 2.45) is 11.3 Å². The van der Waals surface area contributed by atoms with Crippen molar-refractivity contribution in [1.29, 1.82) is 0 Å². The summed E-state index contributed by atoms with van der Waals surface area (Å²) in [5.74, 6) is -7.65. The predicted molar refractivity (Wildman–Crippen MR) is 64.4 cm³/mol. The van der Waals surface area contributed by atoms with E-state index in [-0.39, 0.29) is 0 Å². The van der Waals surface area contributed by atoms with E-state index in [4.69, 9.17) is 15.3 Å². The van der Waals surface area contributed by atoms with Gasteiger partial charge in [0.1, 0.15) is 11.3 Å². The zero-order valence-corrected chi connectivity index (χ0v) is 9.94. The molecule has 0 saturated heterocycles. The Kier molecular flexibility index (Phi) is 4.79. The zero-order valence-electron chi connectivity index (χ0n) is 9.94. The Hall–Kier alpha value is -2.41. The molecule has 2 unspecified atom stereocenters. The van der Waals surface area contributed by atoms with Gasteiger partial charge in [-0.3, -0.25) is 9.59 Å². The number of carboxylic acids is 3. The van der Waals surface area contributed by atoms with E-state index in [2.05, 4.69) is 19.7 Å².